The summed E-state index contributed by atoms with van der Waals surface area (Å²) >= 11 is 0. The topological polar surface area (TPSA) is 26.0 Å². The first-order chi connectivity index (χ1) is 4.42. The van der Waals surface area contributed by atoms with E-state index in [0.29, 0.717) is 12.0 Å². The summed E-state index contributed by atoms with van der Waals surface area (Å²) < 4.78 is 0. The smallest absolute Gasteiger partial charge is 0.00900 e. The lowest BCUT2D eigenvalue weighted by atomic mass is 9.74. The molecule has 2 N–H and O–H groups in total. The summed E-state index contributed by atoms with van der Waals surface area (Å²) in [6.07, 6.45) is 1.07. The van der Waals surface area contributed by atoms with Gasteiger partial charge in [0.25, 0.3) is 0 Å². The van der Waals surface area contributed by atoms with E-state index in [1.165, 1.54) is 0 Å². The molecule has 1 unspecified atom stereocenters. The molecular weight excluding hydrogens is 122 g/mol. The van der Waals surface area contributed by atoms with Gasteiger partial charge in [-0.15, -0.1) is 0 Å². The summed E-state index contributed by atoms with van der Waals surface area (Å²) in [4.78, 5) is 0. The van der Waals surface area contributed by atoms with Gasteiger partial charge in [-0.3, -0.25) is 0 Å². The molecule has 0 aromatic rings. The minimum atomic E-state index is 0.286. The van der Waals surface area contributed by atoms with Crippen molar-refractivity contribution in [3.8, 4) is 0 Å². The number of hydrogen-bond donors (Lipinski definition) is 1. The Balaban J connectivity index is 4.09. The molecule has 0 heterocycles. The van der Waals surface area contributed by atoms with Crippen LogP contribution in [0.15, 0.2) is 0 Å². The minimum Gasteiger partial charge on any atom is -0.327 e. The average Bonchev–Trinajstić information content (AvgIpc) is 1.86. The van der Waals surface area contributed by atoms with Crippen LogP contribution in [0.1, 0.15) is 41.0 Å². The van der Waals surface area contributed by atoms with E-state index in [1.807, 2.05) is 0 Å². The second-order valence-corrected chi connectivity index (χ2v) is 3.99. The van der Waals surface area contributed by atoms with Gasteiger partial charge in [0.2, 0.25) is 0 Å². The summed E-state index contributed by atoms with van der Waals surface area (Å²) in [7, 11) is 0. The van der Waals surface area contributed by atoms with Gasteiger partial charge < -0.3 is 5.73 Å². The summed E-state index contributed by atoms with van der Waals surface area (Å²) in [5.74, 6) is 0.669. The SMILES string of the molecule is CCC(N)C(C)(C)C(C)C. The highest BCUT2D eigenvalue weighted by Crippen LogP contribution is 2.30. The van der Waals surface area contributed by atoms with Crippen molar-refractivity contribution in [1.82, 2.24) is 0 Å². The molecule has 0 radical (unpaired) electrons. The maximum atomic E-state index is 5.95. The van der Waals surface area contributed by atoms with Crippen LogP contribution in [0.3, 0.4) is 0 Å². The van der Waals surface area contributed by atoms with Crippen molar-refractivity contribution in [2.45, 2.75) is 47.1 Å². The maximum Gasteiger partial charge on any atom is 0.00900 e. The zero-order valence-electron chi connectivity index (χ0n) is 7.94. The van der Waals surface area contributed by atoms with Crippen LogP contribution in [0.4, 0.5) is 0 Å². The predicted octanol–water partition coefficient (Wildman–Crippen LogP) is 2.41. The van der Waals surface area contributed by atoms with E-state index in [9.17, 15) is 0 Å². The largest absolute Gasteiger partial charge is 0.327 e. The Morgan fingerprint density at radius 3 is 1.80 bits per heavy atom. The fraction of sp³-hybridized carbons (Fsp3) is 1.00. The molecular formula is C9H21N. The molecule has 1 nitrogen and oxygen atoms in total. The normalized spacial score (nSPS) is 15.9. The van der Waals surface area contributed by atoms with Gasteiger partial charge in [0.15, 0.2) is 0 Å². The molecule has 0 amide bonds. The van der Waals surface area contributed by atoms with Gasteiger partial charge >= 0.3 is 0 Å². The Hall–Kier alpha value is -0.0400. The van der Waals surface area contributed by atoms with E-state index < -0.39 is 0 Å². The summed E-state index contributed by atoms with van der Waals surface area (Å²) in [5, 5.41) is 0. The van der Waals surface area contributed by atoms with Gasteiger partial charge in [0, 0.05) is 6.04 Å². The molecule has 1 atom stereocenters. The molecule has 62 valence electrons. The number of rotatable bonds is 3. The van der Waals surface area contributed by atoms with Crippen LogP contribution in [0.2, 0.25) is 0 Å². The fourth-order valence-electron chi connectivity index (χ4n) is 0.954. The Bertz CT molecular complexity index is 94.9. The Labute approximate surface area is 65.0 Å². The molecule has 1 heteroatoms. The first-order valence-corrected chi connectivity index (χ1v) is 4.18. The molecule has 0 rings (SSSR count). The third kappa shape index (κ3) is 1.98. The minimum absolute atomic E-state index is 0.286. The van der Waals surface area contributed by atoms with E-state index in [-0.39, 0.29) is 5.41 Å². The van der Waals surface area contributed by atoms with Gasteiger partial charge in [0.1, 0.15) is 0 Å². The van der Waals surface area contributed by atoms with Crippen molar-refractivity contribution in [2.24, 2.45) is 17.1 Å². The lowest BCUT2D eigenvalue weighted by molar-refractivity contribution is 0.191. The van der Waals surface area contributed by atoms with Crippen molar-refractivity contribution < 1.29 is 0 Å². The van der Waals surface area contributed by atoms with Crippen LogP contribution in [-0.2, 0) is 0 Å². The van der Waals surface area contributed by atoms with Crippen LogP contribution >= 0.6 is 0 Å². The Kier molecular flexibility index (Phi) is 3.37. The molecule has 0 saturated heterocycles. The molecule has 0 spiro atoms. The lowest BCUT2D eigenvalue weighted by Crippen LogP contribution is -2.40. The van der Waals surface area contributed by atoms with Gasteiger partial charge in [0.05, 0.1) is 0 Å². The molecule has 0 aliphatic carbocycles. The summed E-state index contributed by atoms with van der Waals surface area (Å²) in [6.45, 7) is 11.1. The quantitative estimate of drug-likeness (QED) is 0.645. The van der Waals surface area contributed by atoms with E-state index in [2.05, 4.69) is 34.6 Å². The number of hydrogen-bond acceptors (Lipinski definition) is 1. The van der Waals surface area contributed by atoms with Crippen molar-refractivity contribution >= 4 is 0 Å². The van der Waals surface area contributed by atoms with Crippen LogP contribution in [0.5, 0.6) is 0 Å². The van der Waals surface area contributed by atoms with Crippen LogP contribution in [0, 0.1) is 11.3 Å². The van der Waals surface area contributed by atoms with E-state index in [0.717, 1.165) is 6.42 Å². The molecule has 0 saturated carbocycles. The monoisotopic (exact) mass is 143 g/mol. The summed E-state index contributed by atoms with van der Waals surface area (Å²) in [5.41, 5.74) is 6.24. The van der Waals surface area contributed by atoms with E-state index in [1.54, 1.807) is 0 Å². The van der Waals surface area contributed by atoms with Crippen molar-refractivity contribution in [1.29, 1.82) is 0 Å². The van der Waals surface area contributed by atoms with E-state index >= 15 is 0 Å². The second-order valence-electron chi connectivity index (χ2n) is 3.99. The molecule has 10 heavy (non-hydrogen) atoms. The Morgan fingerprint density at radius 1 is 1.30 bits per heavy atom. The molecule has 0 aliphatic heterocycles. The van der Waals surface area contributed by atoms with Crippen molar-refractivity contribution in [3.05, 3.63) is 0 Å². The highest BCUT2D eigenvalue weighted by atomic mass is 14.7. The first kappa shape index (κ1) is 9.96. The fourth-order valence-corrected chi connectivity index (χ4v) is 0.954. The van der Waals surface area contributed by atoms with Gasteiger partial charge in [-0.2, -0.15) is 0 Å². The lowest BCUT2D eigenvalue weighted by Gasteiger charge is -2.34. The van der Waals surface area contributed by atoms with Crippen LogP contribution < -0.4 is 5.73 Å². The summed E-state index contributed by atoms with van der Waals surface area (Å²) in [6, 6.07) is 0.340. The highest BCUT2D eigenvalue weighted by molar-refractivity contribution is 4.82. The molecule has 0 aromatic heterocycles. The Morgan fingerprint density at radius 2 is 1.70 bits per heavy atom. The molecule has 0 aliphatic rings. The predicted molar refractivity (Wildman–Crippen MR) is 46.9 cm³/mol. The molecule has 0 aromatic carbocycles. The zero-order valence-corrected chi connectivity index (χ0v) is 7.94. The van der Waals surface area contributed by atoms with Gasteiger partial charge in [-0.1, -0.05) is 34.6 Å². The zero-order chi connectivity index (χ0) is 8.36. The van der Waals surface area contributed by atoms with Gasteiger partial charge in [-0.05, 0) is 17.8 Å². The van der Waals surface area contributed by atoms with E-state index in [4.69, 9.17) is 5.73 Å². The highest BCUT2D eigenvalue weighted by Gasteiger charge is 2.28. The van der Waals surface area contributed by atoms with Crippen molar-refractivity contribution in [3.63, 3.8) is 0 Å². The third-order valence-electron chi connectivity index (χ3n) is 2.88. The third-order valence-corrected chi connectivity index (χ3v) is 2.88. The second kappa shape index (κ2) is 3.38. The number of nitrogens with two attached hydrogens (primary N) is 1. The van der Waals surface area contributed by atoms with Crippen LogP contribution in [0.25, 0.3) is 0 Å². The van der Waals surface area contributed by atoms with Gasteiger partial charge in [-0.25, -0.2) is 0 Å². The van der Waals surface area contributed by atoms with Crippen LogP contribution in [-0.4, -0.2) is 6.04 Å². The standard InChI is InChI=1S/C9H21N/c1-6-8(10)9(4,5)7(2)3/h7-8H,6,10H2,1-5H3. The van der Waals surface area contributed by atoms with Crippen molar-refractivity contribution in [2.75, 3.05) is 0 Å². The first-order valence-electron chi connectivity index (χ1n) is 4.18. The molecule has 0 fully saturated rings. The average molecular weight is 143 g/mol. The maximum absolute atomic E-state index is 5.95. The molecule has 0 bridgehead atoms.